The molecule has 0 spiro atoms. The summed E-state index contributed by atoms with van der Waals surface area (Å²) in [6.45, 7) is 1.49. The van der Waals surface area contributed by atoms with Crippen LogP contribution >= 0.6 is 0 Å². The summed E-state index contributed by atoms with van der Waals surface area (Å²) in [5.74, 6) is -1.36. The molecule has 1 saturated heterocycles. The normalized spacial score (nSPS) is 22.4. The smallest absolute Gasteiger partial charge is 0.375 e. The van der Waals surface area contributed by atoms with Gasteiger partial charge in [0, 0.05) is 37.2 Å². The van der Waals surface area contributed by atoms with E-state index in [2.05, 4.69) is 14.9 Å². The molecule has 5 rings (SSSR count). The molecule has 2 fully saturated rings. The fourth-order valence-electron chi connectivity index (χ4n) is 5.29. The molecule has 0 bridgehead atoms. The third kappa shape index (κ3) is 6.24. The van der Waals surface area contributed by atoms with Crippen molar-refractivity contribution in [2.75, 3.05) is 18.0 Å². The number of fused-ring (bicyclic) bond motifs is 1. The van der Waals surface area contributed by atoms with Crippen LogP contribution in [0.4, 0.5) is 29.1 Å². The van der Waals surface area contributed by atoms with Crippen LogP contribution in [-0.2, 0) is 26.0 Å². The Bertz CT molecular complexity index is 1350. The van der Waals surface area contributed by atoms with Gasteiger partial charge in [-0.1, -0.05) is 6.07 Å². The molecule has 1 N–H and O–H groups in total. The fourth-order valence-corrected chi connectivity index (χ4v) is 5.84. The van der Waals surface area contributed by atoms with Crippen LogP contribution in [0.1, 0.15) is 49.7 Å². The number of ether oxygens (including phenoxy) is 1. The molecule has 0 radical (unpaired) electrons. The summed E-state index contributed by atoms with van der Waals surface area (Å²) in [5, 5.41) is 0. The van der Waals surface area contributed by atoms with E-state index in [9.17, 15) is 30.8 Å². The molecular formula is C26H28F4N4O4S. The van der Waals surface area contributed by atoms with Crippen molar-refractivity contribution in [2.45, 2.75) is 62.7 Å². The van der Waals surface area contributed by atoms with Crippen LogP contribution in [0, 0.1) is 11.7 Å². The zero-order valence-corrected chi connectivity index (χ0v) is 21.8. The first-order chi connectivity index (χ1) is 18.5. The summed E-state index contributed by atoms with van der Waals surface area (Å²) in [6, 6.07) is 8.55. The van der Waals surface area contributed by atoms with Gasteiger partial charge in [-0.2, -0.15) is 21.6 Å². The Hall–Kier alpha value is -3.06. The molecule has 1 aliphatic carbocycles. The predicted octanol–water partition coefficient (Wildman–Crippen LogP) is 4.41. The van der Waals surface area contributed by atoms with Gasteiger partial charge in [0.25, 0.3) is 0 Å². The maximum Gasteiger partial charge on any atom is 0.516 e. The Morgan fingerprint density at radius 2 is 1.69 bits per heavy atom. The molecule has 1 amide bonds. The van der Waals surface area contributed by atoms with Crippen molar-refractivity contribution in [3.63, 3.8) is 0 Å². The van der Waals surface area contributed by atoms with Gasteiger partial charge < -0.3 is 9.64 Å². The van der Waals surface area contributed by atoms with Crippen molar-refractivity contribution in [1.82, 2.24) is 9.71 Å². The van der Waals surface area contributed by atoms with Crippen LogP contribution in [0.15, 0.2) is 41.5 Å². The average molecular weight is 569 g/mol. The standard InChI is InChI=1S/C26H28F4N4O4S/c27-19-5-1-17-13-22(32-23(17)14-19)18-4-8-24(31-15-18)34-11-9-21(10-12-34)38-20-6-2-16(3-7-20)25(35)33-39(36,37)26(28,29)30/h1,4-5,8,14-16,20-21H,2-3,6-7,9-13H2,(H,33,35). The Morgan fingerprint density at radius 1 is 1.00 bits per heavy atom. The Morgan fingerprint density at radius 3 is 2.33 bits per heavy atom. The molecule has 3 heterocycles. The molecule has 8 nitrogen and oxygen atoms in total. The lowest BCUT2D eigenvalue weighted by atomic mass is 9.87. The molecule has 1 saturated carbocycles. The van der Waals surface area contributed by atoms with Gasteiger partial charge in [0.05, 0.1) is 23.6 Å². The predicted molar refractivity (Wildman–Crippen MR) is 136 cm³/mol. The first kappa shape index (κ1) is 27.5. The fraction of sp³-hybridized carbons (Fsp3) is 0.500. The molecular weight excluding hydrogens is 540 g/mol. The van der Waals surface area contributed by atoms with E-state index in [1.54, 1.807) is 12.3 Å². The Labute approximate surface area is 223 Å². The molecule has 13 heteroatoms. The number of nitrogens with one attached hydrogen (secondary N) is 1. The summed E-state index contributed by atoms with van der Waals surface area (Å²) in [6.07, 6.45) is 5.38. The van der Waals surface area contributed by atoms with Crippen molar-refractivity contribution in [3.05, 3.63) is 53.5 Å². The van der Waals surface area contributed by atoms with Crippen molar-refractivity contribution < 1.29 is 35.5 Å². The highest BCUT2D eigenvalue weighted by molar-refractivity contribution is 7.90. The van der Waals surface area contributed by atoms with Crippen molar-refractivity contribution in [2.24, 2.45) is 10.9 Å². The number of sulfonamides is 1. The highest BCUT2D eigenvalue weighted by Crippen LogP contribution is 2.32. The number of nitrogens with zero attached hydrogens (tertiary/aromatic N) is 3. The second kappa shape index (κ2) is 10.8. The number of piperidine rings is 1. The van der Waals surface area contributed by atoms with Crippen molar-refractivity contribution >= 4 is 33.1 Å². The number of hydrogen-bond donors (Lipinski definition) is 1. The second-order valence-electron chi connectivity index (χ2n) is 10.1. The summed E-state index contributed by atoms with van der Waals surface area (Å²) in [5.41, 5.74) is -2.12. The summed E-state index contributed by atoms with van der Waals surface area (Å²) >= 11 is 0. The van der Waals surface area contributed by atoms with E-state index in [0.29, 0.717) is 24.9 Å². The lowest BCUT2D eigenvalue weighted by Crippen LogP contribution is -2.44. The maximum absolute atomic E-state index is 13.5. The minimum Gasteiger partial charge on any atom is -0.375 e. The lowest BCUT2D eigenvalue weighted by Gasteiger charge is -2.36. The Balaban J connectivity index is 1.06. The van der Waals surface area contributed by atoms with E-state index in [1.165, 1.54) is 12.1 Å². The van der Waals surface area contributed by atoms with Gasteiger partial charge in [-0.3, -0.25) is 9.79 Å². The van der Waals surface area contributed by atoms with E-state index < -0.39 is 27.4 Å². The molecule has 39 heavy (non-hydrogen) atoms. The monoisotopic (exact) mass is 568 g/mol. The van der Waals surface area contributed by atoms with Crippen LogP contribution in [0.25, 0.3) is 0 Å². The molecule has 0 atom stereocenters. The maximum atomic E-state index is 13.5. The van der Waals surface area contributed by atoms with E-state index >= 15 is 0 Å². The first-order valence-corrected chi connectivity index (χ1v) is 14.3. The van der Waals surface area contributed by atoms with Gasteiger partial charge in [0.15, 0.2) is 0 Å². The molecule has 2 aromatic rings. The largest absolute Gasteiger partial charge is 0.516 e. The van der Waals surface area contributed by atoms with E-state index in [0.717, 1.165) is 53.3 Å². The number of rotatable bonds is 6. The topological polar surface area (TPSA) is 101 Å². The van der Waals surface area contributed by atoms with Crippen LogP contribution in [-0.4, -0.2) is 55.8 Å². The number of halogens is 4. The van der Waals surface area contributed by atoms with E-state index in [-0.39, 0.29) is 30.9 Å². The zero-order valence-electron chi connectivity index (χ0n) is 21.0. The van der Waals surface area contributed by atoms with Gasteiger partial charge in [-0.15, -0.1) is 0 Å². The van der Waals surface area contributed by atoms with Gasteiger partial charge in [-0.25, -0.2) is 14.1 Å². The van der Waals surface area contributed by atoms with E-state index in [4.69, 9.17) is 4.74 Å². The van der Waals surface area contributed by atoms with Gasteiger partial charge in [-0.05, 0) is 68.4 Å². The number of pyridine rings is 1. The third-order valence-electron chi connectivity index (χ3n) is 7.48. The highest BCUT2D eigenvalue weighted by atomic mass is 32.2. The number of alkyl halides is 3. The number of aliphatic imine (C=N–C) groups is 1. The minimum atomic E-state index is -5.69. The number of hydrogen-bond acceptors (Lipinski definition) is 7. The molecule has 0 unspecified atom stereocenters. The SMILES string of the molecule is O=C(NS(=O)(=O)C(F)(F)F)C1CCC(OC2CCN(c3ccc(C4=Nc5cc(F)ccc5C4)cn3)CC2)CC1. The van der Waals surface area contributed by atoms with Crippen molar-refractivity contribution in [1.29, 1.82) is 0 Å². The molecule has 210 valence electrons. The molecule has 2 aliphatic heterocycles. The van der Waals surface area contributed by atoms with Gasteiger partial charge in [0.2, 0.25) is 5.91 Å². The average Bonchev–Trinajstić information content (AvgIpc) is 3.32. The summed E-state index contributed by atoms with van der Waals surface area (Å²) in [4.78, 5) is 23.4. The van der Waals surface area contributed by atoms with Crippen LogP contribution in [0.5, 0.6) is 0 Å². The highest BCUT2D eigenvalue weighted by Gasteiger charge is 2.47. The van der Waals surface area contributed by atoms with Crippen LogP contribution in [0.2, 0.25) is 0 Å². The Kier molecular flexibility index (Phi) is 7.64. The number of anilines is 1. The number of carbonyl (C=O) groups is 1. The summed E-state index contributed by atoms with van der Waals surface area (Å²) in [7, 11) is -5.69. The van der Waals surface area contributed by atoms with Crippen LogP contribution in [0.3, 0.4) is 0 Å². The second-order valence-corrected chi connectivity index (χ2v) is 11.8. The van der Waals surface area contributed by atoms with Gasteiger partial charge in [0.1, 0.15) is 11.6 Å². The summed E-state index contributed by atoms with van der Waals surface area (Å²) < 4.78 is 80.7. The molecule has 1 aromatic carbocycles. The lowest BCUT2D eigenvalue weighted by molar-refractivity contribution is -0.126. The zero-order chi connectivity index (χ0) is 27.8. The minimum absolute atomic E-state index is 0.0215. The number of amides is 1. The number of aromatic nitrogens is 1. The molecule has 3 aliphatic rings. The quantitative estimate of drug-likeness (QED) is 0.519. The molecule has 1 aromatic heterocycles. The number of benzene rings is 1. The van der Waals surface area contributed by atoms with Crippen molar-refractivity contribution in [3.8, 4) is 0 Å². The van der Waals surface area contributed by atoms with Crippen LogP contribution < -0.4 is 9.62 Å². The third-order valence-corrected chi connectivity index (χ3v) is 8.56. The van der Waals surface area contributed by atoms with Gasteiger partial charge >= 0.3 is 15.5 Å². The number of carbonyl (C=O) groups excluding carboxylic acids is 1. The first-order valence-electron chi connectivity index (χ1n) is 12.8. The van der Waals surface area contributed by atoms with E-state index in [1.807, 2.05) is 12.1 Å².